The van der Waals surface area contributed by atoms with E-state index in [0.717, 1.165) is 44.4 Å². The third kappa shape index (κ3) is 2.59. The van der Waals surface area contributed by atoms with Crippen LogP contribution in [0, 0.1) is 0 Å². The quantitative estimate of drug-likeness (QED) is 0.802. The summed E-state index contributed by atoms with van der Waals surface area (Å²) in [6.07, 6.45) is 2.02. The van der Waals surface area contributed by atoms with Gasteiger partial charge in [-0.2, -0.15) is 0 Å². The van der Waals surface area contributed by atoms with Crippen LogP contribution in [0.2, 0.25) is 0 Å². The van der Waals surface area contributed by atoms with E-state index in [1.165, 1.54) is 6.42 Å². The highest BCUT2D eigenvalue weighted by molar-refractivity contribution is 4.86. The van der Waals surface area contributed by atoms with Crippen molar-refractivity contribution in [3.8, 4) is 0 Å². The van der Waals surface area contributed by atoms with Crippen LogP contribution >= 0.6 is 0 Å². The van der Waals surface area contributed by atoms with Crippen LogP contribution in [0.25, 0.3) is 0 Å². The zero-order chi connectivity index (χ0) is 11.4. The molecule has 2 heterocycles. The van der Waals surface area contributed by atoms with Crippen LogP contribution in [0.4, 0.5) is 0 Å². The maximum Gasteiger partial charge on any atom is 0.230 e. The van der Waals surface area contributed by atoms with Crippen molar-refractivity contribution in [3.63, 3.8) is 0 Å². The first-order valence-electron chi connectivity index (χ1n) is 6.09. The Morgan fingerprint density at radius 1 is 1.38 bits per heavy atom. The van der Waals surface area contributed by atoms with Gasteiger partial charge in [-0.1, -0.05) is 13.8 Å². The van der Waals surface area contributed by atoms with Crippen molar-refractivity contribution in [2.75, 3.05) is 19.6 Å². The third-order valence-electron chi connectivity index (χ3n) is 3.11. The number of hydrogen-bond acceptors (Lipinski definition) is 5. The summed E-state index contributed by atoms with van der Waals surface area (Å²) in [4.78, 5) is 2.40. The molecule has 1 aliphatic heterocycles. The van der Waals surface area contributed by atoms with E-state index in [0.29, 0.717) is 6.04 Å². The minimum absolute atomic E-state index is 0.613. The molecule has 1 aliphatic rings. The van der Waals surface area contributed by atoms with Crippen molar-refractivity contribution < 1.29 is 4.42 Å². The van der Waals surface area contributed by atoms with Crippen LogP contribution in [-0.2, 0) is 13.0 Å². The zero-order valence-electron chi connectivity index (χ0n) is 10.1. The SMILES string of the molecule is CCc1nnc(CN(CC)C2CCNC2)o1. The summed E-state index contributed by atoms with van der Waals surface area (Å²) in [5.74, 6) is 1.47. The second-order valence-corrected chi connectivity index (χ2v) is 4.15. The lowest BCUT2D eigenvalue weighted by atomic mass is 10.2. The van der Waals surface area contributed by atoms with E-state index < -0.39 is 0 Å². The predicted molar refractivity (Wildman–Crippen MR) is 61.0 cm³/mol. The molecule has 5 nitrogen and oxygen atoms in total. The van der Waals surface area contributed by atoms with Gasteiger partial charge in [0, 0.05) is 19.0 Å². The summed E-state index contributed by atoms with van der Waals surface area (Å²) in [5.41, 5.74) is 0. The molecular weight excluding hydrogens is 204 g/mol. The van der Waals surface area contributed by atoms with E-state index in [-0.39, 0.29) is 0 Å². The lowest BCUT2D eigenvalue weighted by Gasteiger charge is -2.24. The number of likely N-dealkylation sites (N-methyl/N-ethyl adjacent to an activating group) is 1. The Balaban J connectivity index is 1.94. The smallest absolute Gasteiger partial charge is 0.230 e. The Bertz CT molecular complexity index is 320. The molecule has 1 aromatic heterocycles. The molecule has 0 saturated carbocycles. The van der Waals surface area contributed by atoms with Crippen molar-refractivity contribution in [2.45, 2.75) is 39.3 Å². The van der Waals surface area contributed by atoms with Gasteiger partial charge in [0.2, 0.25) is 11.8 Å². The molecule has 5 heteroatoms. The topological polar surface area (TPSA) is 54.2 Å². The molecule has 1 fully saturated rings. The van der Waals surface area contributed by atoms with Crippen molar-refractivity contribution >= 4 is 0 Å². The first kappa shape index (κ1) is 11.5. The van der Waals surface area contributed by atoms with Gasteiger partial charge < -0.3 is 9.73 Å². The van der Waals surface area contributed by atoms with Gasteiger partial charge in [-0.25, -0.2) is 0 Å². The first-order valence-corrected chi connectivity index (χ1v) is 6.09. The first-order chi connectivity index (χ1) is 7.83. The molecule has 16 heavy (non-hydrogen) atoms. The second-order valence-electron chi connectivity index (χ2n) is 4.15. The van der Waals surface area contributed by atoms with Crippen molar-refractivity contribution in [1.29, 1.82) is 0 Å². The van der Waals surface area contributed by atoms with E-state index in [1.807, 2.05) is 6.92 Å². The maximum absolute atomic E-state index is 5.54. The van der Waals surface area contributed by atoms with Crippen LogP contribution in [0.3, 0.4) is 0 Å². The molecule has 1 atom stereocenters. The molecular formula is C11H20N4O. The monoisotopic (exact) mass is 224 g/mol. The largest absolute Gasteiger partial charge is 0.424 e. The fourth-order valence-electron chi connectivity index (χ4n) is 2.12. The van der Waals surface area contributed by atoms with Gasteiger partial charge in [-0.05, 0) is 19.5 Å². The highest BCUT2D eigenvalue weighted by Crippen LogP contribution is 2.12. The molecule has 0 radical (unpaired) electrons. The molecule has 0 aliphatic carbocycles. The molecule has 2 rings (SSSR count). The fraction of sp³-hybridized carbons (Fsp3) is 0.818. The lowest BCUT2D eigenvalue weighted by Crippen LogP contribution is -2.36. The van der Waals surface area contributed by atoms with Crippen LogP contribution < -0.4 is 5.32 Å². The van der Waals surface area contributed by atoms with Crippen LogP contribution in [0.1, 0.15) is 32.0 Å². The molecule has 1 N–H and O–H groups in total. The highest BCUT2D eigenvalue weighted by atomic mass is 16.4. The number of nitrogens with one attached hydrogen (secondary N) is 1. The van der Waals surface area contributed by atoms with E-state index in [4.69, 9.17) is 4.42 Å². The highest BCUT2D eigenvalue weighted by Gasteiger charge is 2.22. The summed E-state index contributed by atoms with van der Waals surface area (Å²) in [6.45, 7) is 8.19. The number of nitrogens with zero attached hydrogens (tertiary/aromatic N) is 3. The van der Waals surface area contributed by atoms with E-state index in [9.17, 15) is 0 Å². The Morgan fingerprint density at radius 2 is 2.19 bits per heavy atom. The predicted octanol–water partition coefficient (Wildman–Crippen LogP) is 0.816. The fourth-order valence-corrected chi connectivity index (χ4v) is 2.12. The van der Waals surface area contributed by atoms with Gasteiger partial charge in [0.1, 0.15) is 0 Å². The molecule has 0 spiro atoms. The molecule has 90 valence electrons. The summed E-state index contributed by atoms with van der Waals surface area (Å²) in [5, 5.41) is 11.4. The summed E-state index contributed by atoms with van der Waals surface area (Å²) >= 11 is 0. The van der Waals surface area contributed by atoms with Gasteiger partial charge in [0.25, 0.3) is 0 Å². The van der Waals surface area contributed by atoms with Crippen molar-refractivity contribution in [2.24, 2.45) is 0 Å². The Kier molecular flexibility index (Phi) is 3.90. The van der Waals surface area contributed by atoms with Gasteiger partial charge in [-0.3, -0.25) is 4.90 Å². The standard InChI is InChI=1S/C11H20N4O/c1-3-10-13-14-11(16-10)8-15(4-2)9-5-6-12-7-9/h9,12H,3-8H2,1-2H3. The summed E-state index contributed by atoms with van der Waals surface area (Å²) < 4.78 is 5.54. The minimum Gasteiger partial charge on any atom is -0.424 e. The van der Waals surface area contributed by atoms with Gasteiger partial charge in [0.05, 0.1) is 6.54 Å². The minimum atomic E-state index is 0.613. The molecule has 1 saturated heterocycles. The van der Waals surface area contributed by atoms with Crippen molar-refractivity contribution in [1.82, 2.24) is 20.4 Å². The molecule has 0 amide bonds. The number of hydrogen-bond donors (Lipinski definition) is 1. The van der Waals surface area contributed by atoms with E-state index in [1.54, 1.807) is 0 Å². The molecule has 0 bridgehead atoms. The third-order valence-corrected chi connectivity index (χ3v) is 3.11. The maximum atomic E-state index is 5.54. The number of aromatic nitrogens is 2. The van der Waals surface area contributed by atoms with Gasteiger partial charge in [0.15, 0.2) is 0 Å². The van der Waals surface area contributed by atoms with Crippen LogP contribution in [0.5, 0.6) is 0 Å². The Labute approximate surface area is 96.2 Å². The Morgan fingerprint density at radius 3 is 2.75 bits per heavy atom. The Hall–Kier alpha value is -0.940. The number of aryl methyl sites for hydroxylation is 1. The zero-order valence-corrected chi connectivity index (χ0v) is 10.1. The average molecular weight is 224 g/mol. The van der Waals surface area contributed by atoms with Crippen LogP contribution in [0.15, 0.2) is 4.42 Å². The van der Waals surface area contributed by atoms with Crippen LogP contribution in [-0.4, -0.2) is 40.8 Å². The number of rotatable bonds is 5. The second kappa shape index (κ2) is 5.41. The van der Waals surface area contributed by atoms with E-state index >= 15 is 0 Å². The molecule has 0 aromatic carbocycles. The average Bonchev–Trinajstić information content (AvgIpc) is 2.96. The molecule has 1 aromatic rings. The van der Waals surface area contributed by atoms with Gasteiger partial charge in [-0.15, -0.1) is 10.2 Å². The summed E-state index contributed by atoms with van der Waals surface area (Å²) in [7, 11) is 0. The van der Waals surface area contributed by atoms with Gasteiger partial charge >= 0.3 is 0 Å². The summed E-state index contributed by atoms with van der Waals surface area (Å²) in [6, 6.07) is 0.613. The lowest BCUT2D eigenvalue weighted by molar-refractivity contribution is 0.189. The normalized spacial score (nSPS) is 20.8. The molecule has 1 unspecified atom stereocenters. The van der Waals surface area contributed by atoms with E-state index in [2.05, 4.69) is 27.3 Å². The van der Waals surface area contributed by atoms with Crippen molar-refractivity contribution in [3.05, 3.63) is 11.8 Å².